The Kier molecular flexibility index (Phi) is 6.32. The number of nitrogens with zero attached hydrogens (tertiary/aromatic N) is 3. The molecule has 0 atom stereocenters. The fourth-order valence-electron chi connectivity index (χ4n) is 2.77. The van der Waals surface area contributed by atoms with E-state index in [9.17, 15) is 22.8 Å². The molecule has 2 amide bonds. The van der Waals surface area contributed by atoms with Crippen molar-refractivity contribution in [3.63, 3.8) is 0 Å². The Bertz CT molecular complexity index is 1140. The van der Waals surface area contributed by atoms with Gasteiger partial charge in [0, 0.05) is 11.8 Å². The van der Waals surface area contributed by atoms with E-state index in [0.29, 0.717) is 23.4 Å². The Morgan fingerprint density at radius 1 is 0.969 bits per heavy atom. The van der Waals surface area contributed by atoms with E-state index in [-0.39, 0.29) is 16.9 Å². The molecule has 0 bridgehead atoms. The van der Waals surface area contributed by atoms with Crippen molar-refractivity contribution < 1.29 is 32.2 Å². The molecule has 2 N–H and O–H groups in total. The van der Waals surface area contributed by atoms with Gasteiger partial charge in [-0.05, 0) is 37.3 Å². The number of amides is 2. The van der Waals surface area contributed by atoms with Crippen LogP contribution in [-0.2, 0) is 6.18 Å². The summed E-state index contributed by atoms with van der Waals surface area (Å²) in [6.45, 7) is 1.54. The fraction of sp³-hybridized carbons (Fsp3) is 0.200. The largest absolute Gasteiger partial charge is 0.493 e. The third-order valence-electron chi connectivity index (χ3n) is 4.48. The summed E-state index contributed by atoms with van der Waals surface area (Å²) in [4.78, 5) is 28.5. The Balaban J connectivity index is 1.70. The van der Waals surface area contributed by atoms with Crippen LogP contribution in [0.4, 0.5) is 13.2 Å². The van der Waals surface area contributed by atoms with Crippen LogP contribution in [0.3, 0.4) is 0 Å². The van der Waals surface area contributed by atoms with Crippen molar-refractivity contribution in [3.8, 4) is 17.3 Å². The van der Waals surface area contributed by atoms with Crippen LogP contribution in [0.15, 0.2) is 42.7 Å². The number of ether oxygens (including phenoxy) is 2. The van der Waals surface area contributed by atoms with Gasteiger partial charge in [0.15, 0.2) is 17.3 Å². The van der Waals surface area contributed by atoms with Gasteiger partial charge < -0.3 is 9.47 Å². The molecular weight excluding hydrogens is 431 g/mol. The first-order valence-electron chi connectivity index (χ1n) is 9.06. The Morgan fingerprint density at radius 3 is 2.25 bits per heavy atom. The molecule has 0 fully saturated rings. The molecule has 0 aliphatic carbocycles. The first-order chi connectivity index (χ1) is 15.2. The quantitative estimate of drug-likeness (QED) is 0.580. The molecule has 12 heteroatoms. The first-order valence-corrected chi connectivity index (χ1v) is 9.06. The van der Waals surface area contributed by atoms with Gasteiger partial charge in [-0.3, -0.25) is 20.4 Å². The second-order valence-electron chi connectivity index (χ2n) is 6.44. The summed E-state index contributed by atoms with van der Waals surface area (Å²) >= 11 is 0. The number of hydrogen-bond donors (Lipinski definition) is 2. The summed E-state index contributed by atoms with van der Waals surface area (Å²) in [6.07, 6.45) is -2.62. The van der Waals surface area contributed by atoms with Gasteiger partial charge in [-0.25, -0.2) is 9.67 Å². The zero-order valence-electron chi connectivity index (χ0n) is 17.1. The molecule has 2 heterocycles. The van der Waals surface area contributed by atoms with E-state index in [1.807, 2.05) is 0 Å². The van der Waals surface area contributed by atoms with Crippen LogP contribution in [0.5, 0.6) is 11.5 Å². The van der Waals surface area contributed by atoms with E-state index in [4.69, 9.17) is 9.47 Å². The topological polar surface area (TPSA) is 107 Å². The SMILES string of the molecule is COc1ccc(C(=O)NNC(=O)c2cnn(-c3ccc(C(F)(F)F)cn3)c2C)cc1OC. The Hall–Kier alpha value is -4.09. The minimum atomic E-state index is -4.51. The van der Waals surface area contributed by atoms with Gasteiger partial charge in [0.25, 0.3) is 11.8 Å². The number of rotatable bonds is 5. The van der Waals surface area contributed by atoms with Crippen LogP contribution in [-0.4, -0.2) is 40.8 Å². The highest BCUT2D eigenvalue weighted by molar-refractivity contribution is 5.99. The van der Waals surface area contributed by atoms with E-state index >= 15 is 0 Å². The van der Waals surface area contributed by atoms with Gasteiger partial charge in [-0.1, -0.05) is 0 Å². The highest BCUT2D eigenvalue weighted by atomic mass is 19.4. The lowest BCUT2D eigenvalue weighted by molar-refractivity contribution is -0.137. The maximum Gasteiger partial charge on any atom is 0.417 e. The van der Waals surface area contributed by atoms with Crippen molar-refractivity contribution in [2.45, 2.75) is 13.1 Å². The van der Waals surface area contributed by atoms with Crippen LogP contribution in [0.25, 0.3) is 5.82 Å². The minimum Gasteiger partial charge on any atom is -0.493 e. The maximum atomic E-state index is 12.7. The van der Waals surface area contributed by atoms with E-state index in [1.165, 1.54) is 44.2 Å². The lowest BCUT2D eigenvalue weighted by atomic mass is 10.2. The fourth-order valence-corrected chi connectivity index (χ4v) is 2.77. The van der Waals surface area contributed by atoms with Crippen LogP contribution in [0.2, 0.25) is 0 Å². The van der Waals surface area contributed by atoms with Crippen LogP contribution < -0.4 is 20.3 Å². The molecule has 3 aromatic rings. The number of pyridine rings is 1. The molecule has 0 saturated heterocycles. The molecule has 168 valence electrons. The molecular formula is C20H18F3N5O4. The number of halogens is 3. The lowest BCUT2D eigenvalue weighted by Crippen LogP contribution is -2.41. The third-order valence-corrected chi connectivity index (χ3v) is 4.48. The zero-order chi connectivity index (χ0) is 23.5. The standard InChI is InChI=1S/C20H18F3N5O4/c1-11-14(10-25-28(11)17-7-5-13(9-24-17)20(21,22)23)19(30)27-26-18(29)12-4-6-15(31-2)16(8-12)32-3/h4-10H,1-3H3,(H,26,29)(H,27,30). The summed E-state index contributed by atoms with van der Waals surface area (Å²) in [6, 6.07) is 6.49. The summed E-state index contributed by atoms with van der Waals surface area (Å²) < 4.78 is 49.6. The van der Waals surface area contributed by atoms with Gasteiger partial charge in [-0.15, -0.1) is 0 Å². The average molecular weight is 449 g/mol. The number of nitrogens with one attached hydrogen (secondary N) is 2. The van der Waals surface area contributed by atoms with Crippen molar-refractivity contribution in [2.24, 2.45) is 0 Å². The normalized spacial score (nSPS) is 11.1. The predicted octanol–water partition coefficient (Wildman–Crippen LogP) is 2.69. The first kappa shape index (κ1) is 22.6. The van der Waals surface area contributed by atoms with E-state index in [1.54, 1.807) is 6.07 Å². The minimum absolute atomic E-state index is 0.0966. The number of methoxy groups -OCH3 is 2. The summed E-state index contributed by atoms with van der Waals surface area (Å²) in [7, 11) is 2.88. The van der Waals surface area contributed by atoms with Crippen molar-refractivity contribution >= 4 is 11.8 Å². The second kappa shape index (κ2) is 8.96. The van der Waals surface area contributed by atoms with Crippen LogP contribution in [0.1, 0.15) is 32.0 Å². The van der Waals surface area contributed by atoms with Crippen molar-refractivity contribution in [1.82, 2.24) is 25.6 Å². The van der Waals surface area contributed by atoms with Crippen LogP contribution in [0, 0.1) is 6.92 Å². The summed E-state index contributed by atoms with van der Waals surface area (Å²) in [5, 5.41) is 3.99. The molecule has 2 aromatic heterocycles. The van der Waals surface area contributed by atoms with Crippen molar-refractivity contribution in [3.05, 3.63) is 65.1 Å². The number of carbonyl (C=O) groups excluding carboxylic acids is 2. The summed E-state index contributed by atoms with van der Waals surface area (Å²) in [5.41, 5.74) is 4.26. The molecule has 0 aliphatic rings. The van der Waals surface area contributed by atoms with Crippen LogP contribution >= 0.6 is 0 Å². The Morgan fingerprint density at radius 2 is 1.66 bits per heavy atom. The van der Waals surface area contributed by atoms with Gasteiger partial charge >= 0.3 is 6.18 Å². The zero-order valence-corrected chi connectivity index (χ0v) is 17.1. The molecule has 1 aromatic carbocycles. The Labute approximate surface area is 180 Å². The number of benzene rings is 1. The van der Waals surface area contributed by atoms with Gasteiger partial charge in [-0.2, -0.15) is 18.3 Å². The highest BCUT2D eigenvalue weighted by Gasteiger charge is 2.30. The number of hydrazine groups is 1. The van der Waals surface area contributed by atoms with E-state index in [0.717, 1.165) is 12.1 Å². The third kappa shape index (κ3) is 4.63. The molecule has 3 rings (SSSR count). The van der Waals surface area contributed by atoms with Gasteiger partial charge in [0.05, 0.1) is 37.2 Å². The van der Waals surface area contributed by atoms with E-state index < -0.39 is 23.6 Å². The molecule has 32 heavy (non-hydrogen) atoms. The molecule has 0 aliphatic heterocycles. The van der Waals surface area contributed by atoms with E-state index in [2.05, 4.69) is 20.9 Å². The van der Waals surface area contributed by atoms with Gasteiger partial charge in [0.1, 0.15) is 0 Å². The molecule has 0 saturated carbocycles. The maximum absolute atomic E-state index is 12.7. The molecule has 9 nitrogen and oxygen atoms in total. The predicted molar refractivity (Wildman–Crippen MR) is 106 cm³/mol. The van der Waals surface area contributed by atoms with Crippen molar-refractivity contribution in [1.29, 1.82) is 0 Å². The number of alkyl halides is 3. The lowest BCUT2D eigenvalue weighted by Gasteiger charge is -2.11. The number of hydrogen-bond acceptors (Lipinski definition) is 6. The highest BCUT2D eigenvalue weighted by Crippen LogP contribution is 2.29. The second-order valence-corrected chi connectivity index (χ2v) is 6.44. The molecule has 0 spiro atoms. The van der Waals surface area contributed by atoms with Crippen molar-refractivity contribution in [2.75, 3.05) is 14.2 Å². The monoisotopic (exact) mass is 449 g/mol. The summed E-state index contributed by atoms with van der Waals surface area (Å²) in [5.74, 6) is -0.396. The number of aromatic nitrogens is 3. The molecule has 0 unspecified atom stereocenters. The molecule has 0 radical (unpaired) electrons. The smallest absolute Gasteiger partial charge is 0.417 e. The number of carbonyl (C=O) groups is 2. The van der Waals surface area contributed by atoms with Gasteiger partial charge in [0.2, 0.25) is 0 Å². The average Bonchev–Trinajstić information content (AvgIpc) is 3.17.